The van der Waals surface area contributed by atoms with Gasteiger partial charge in [-0.2, -0.15) is 0 Å². The zero-order valence-electron chi connectivity index (χ0n) is 18.7. The molecule has 0 radical (unpaired) electrons. The van der Waals surface area contributed by atoms with Crippen LogP contribution in [-0.2, 0) is 9.47 Å². The fourth-order valence-electron chi connectivity index (χ4n) is 4.37. The van der Waals surface area contributed by atoms with E-state index in [0.29, 0.717) is 0 Å². The van der Waals surface area contributed by atoms with Gasteiger partial charge in [0.15, 0.2) is 0 Å². The number of aliphatic imine (C=N–C) groups is 1. The monoisotopic (exact) mass is 391 g/mol. The second-order valence-electron chi connectivity index (χ2n) is 10.4. The largest absolute Gasteiger partial charge is 0.444 e. The number of hydrogen-bond donors (Lipinski definition) is 0. The molecule has 0 aromatic rings. The molecule has 1 amide bonds. The third-order valence-corrected chi connectivity index (χ3v) is 6.06. The lowest BCUT2D eigenvalue weighted by atomic mass is 9.79. The number of nitrogens with zero attached hydrogens (tertiary/aromatic N) is 3. The summed E-state index contributed by atoms with van der Waals surface area (Å²) in [4.78, 5) is 21.6. The van der Waals surface area contributed by atoms with Crippen molar-refractivity contribution >= 4 is 11.8 Å². The maximum Gasteiger partial charge on any atom is 0.410 e. The summed E-state index contributed by atoms with van der Waals surface area (Å²) in [6.07, 6.45) is 3.88. The lowest BCUT2D eigenvalue weighted by molar-refractivity contribution is -0.0296. The molecular formula is C22H37N3O3. The van der Waals surface area contributed by atoms with E-state index in [1.165, 1.54) is 11.3 Å². The minimum absolute atomic E-state index is 0.177. The minimum atomic E-state index is -0.438. The first-order valence-electron chi connectivity index (χ1n) is 10.5. The number of ether oxygens (including phenoxy) is 2. The number of methoxy groups -OCH3 is 1. The van der Waals surface area contributed by atoms with Crippen LogP contribution in [0.25, 0.3) is 0 Å². The Morgan fingerprint density at radius 3 is 2.43 bits per heavy atom. The van der Waals surface area contributed by atoms with Crippen molar-refractivity contribution in [3.63, 3.8) is 0 Å². The van der Waals surface area contributed by atoms with Crippen LogP contribution in [0.15, 0.2) is 16.4 Å². The maximum absolute atomic E-state index is 12.3. The molecule has 28 heavy (non-hydrogen) atoms. The van der Waals surface area contributed by atoms with Crippen LogP contribution >= 0.6 is 0 Å². The van der Waals surface area contributed by atoms with Gasteiger partial charge in [-0.1, -0.05) is 0 Å². The normalized spacial score (nSPS) is 22.5. The van der Waals surface area contributed by atoms with Crippen molar-refractivity contribution < 1.29 is 14.3 Å². The Morgan fingerprint density at radius 2 is 1.82 bits per heavy atom. The Morgan fingerprint density at radius 1 is 1.14 bits per heavy atom. The van der Waals surface area contributed by atoms with E-state index >= 15 is 0 Å². The lowest BCUT2D eigenvalue weighted by Gasteiger charge is -2.47. The third kappa shape index (κ3) is 4.70. The van der Waals surface area contributed by atoms with Crippen molar-refractivity contribution in [1.82, 2.24) is 9.80 Å². The van der Waals surface area contributed by atoms with Gasteiger partial charge in [-0.25, -0.2) is 9.79 Å². The van der Waals surface area contributed by atoms with E-state index < -0.39 is 5.60 Å². The van der Waals surface area contributed by atoms with Crippen LogP contribution in [0.4, 0.5) is 4.79 Å². The molecule has 3 heterocycles. The first-order valence-corrected chi connectivity index (χ1v) is 10.5. The summed E-state index contributed by atoms with van der Waals surface area (Å²) in [5, 5.41) is 0. The van der Waals surface area contributed by atoms with E-state index in [2.05, 4.69) is 25.7 Å². The van der Waals surface area contributed by atoms with Gasteiger partial charge in [-0.15, -0.1) is 0 Å². The second kappa shape index (κ2) is 7.36. The number of amides is 1. The molecular weight excluding hydrogens is 354 g/mol. The molecule has 6 nitrogen and oxygen atoms in total. The average Bonchev–Trinajstić information content (AvgIpc) is 2.99. The van der Waals surface area contributed by atoms with Gasteiger partial charge in [-0.05, 0) is 66.4 Å². The van der Waals surface area contributed by atoms with Crippen molar-refractivity contribution in [1.29, 1.82) is 0 Å². The summed E-state index contributed by atoms with van der Waals surface area (Å²) in [6.45, 7) is 15.7. The summed E-state index contributed by atoms with van der Waals surface area (Å²) in [5.74, 6) is 1.15. The van der Waals surface area contributed by atoms with Crippen molar-refractivity contribution in [3.8, 4) is 0 Å². The maximum atomic E-state index is 12.3. The van der Waals surface area contributed by atoms with Crippen LogP contribution in [-0.4, -0.2) is 66.1 Å². The molecule has 0 bridgehead atoms. The Bertz CT molecular complexity index is 682. The van der Waals surface area contributed by atoms with Crippen LogP contribution < -0.4 is 0 Å². The summed E-state index contributed by atoms with van der Waals surface area (Å²) in [6, 6.07) is 0. The van der Waals surface area contributed by atoms with Crippen molar-refractivity contribution in [3.05, 3.63) is 11.4 Å². The van der Waals surface area contributed by atoms with Gasteiger partial charge in [0.25, 0.3) is 0 Å². The highest BCUT2D eigenvalue weighted by atomic mass is 16.6. The fourth-order valence-corrected chi connectivity index (χ4v) is 4.37. The Kier molecular flexibility index (Phi) is 5.56. The van der Waals surface area contributed by atoms with Crippen LogP contribution in [0, 0.1) is 5.41 Å². The van der Waals surface area contributed by atoms with Crippen LogP contribution in [0.3, 0.4) is 0 Å². The summed E-state index contributed by atoms with van der Waals surface area (Å²) in [7, 11) is 1.77. The molecule has 3 aliphatic rings. The van der Waals surface area contributed by atoms with Gasteiger partial charge < -0.3 is 19.3 Å². The topological polar surface area (TPSA) is 54.4 Å². The van der Waals surface area contributed by atoms with Crippen LogP contribution in [0.5, 0.6) is 0 Å². The molecule has 2 saturated heterocycles. The van der Waals surface area contributed by atoms with Crippen molar-refractivity contribution in [2.75, 3.05) is 33.3 Å². The molecule has 3 rings (SSSR count). The molecule has 3 aliphatic heterocycles. The van der Waals surface area contributed by atoms with Crippen LogP contribution in [0.1, 0.15) is 67.2 Å². The van der Waals surface area contributed by atoms with E-state index in [9.17, 15) is 4.79 Å². The van der Waals surface area contributed by atoms with Gasteiger partial charge in [0.05, 0.1) is 5.60 Å². The molecule has 0 aromatic carbocycles. The Balaban J connectivity index is 1.61. The van der Waals surface area contributed by atoms with Gasteiger partial charge in [0.2, 0.25) is 0 Å². The summed E-state index contributed by atoms with van der Waals surface area (Å²) in [5.41, 5.74) is 2.19. The van der Waals surface area contributed by atoms with E-state index in [1.807, 2.05) is 25.7 Å². The van der Waals surface area contributed by atoms with Crippen molar-refractivity contribution in [2.45, 2.75) is 78.4 Å². The molecule has 6 heteroatoms. The number of carbonyl (C=O) groups excluding carboxylic acids is 1. The molecule has 2 fully saturated rings. The standard InChI is InChI=1S/C22H37N3O3/c1-16-8-9-17(12-21(5,6)27-7)23-18(16)24-11-10-22(13-24)14-25(15-22)19(26)28-20(2,3)4/h8-15H2,1-7H3. The fraction of sp³-hybridized carbons (Fsp3) is 0.818. The second-order valence-corrected chi connectivity index (χ2v) is 10.4. The highest BCUT2D eigenvalue weighted by Gasteiger charge is 2.50. The Hall–Kier alpha value is -1.56. The highest BCUT2D eigenvalue weighted by Crippen LogP contribution is 2.42. The quantitative estimate of drug-likeness (QED) is 0.720. The first-order chi connectivity index (χ1) is 12.9. The zero-order chi connectivity index (χ0) is 20.7. The van der Waals surface area contributed by atoms with Gasteiger partial charge >= 0.3 is 6.09 Å². The summed E-state index contributed by atoms with van der Waals surface area (Å²) < 4.78 is 11.1. The molecule has 0 N–H and O–H groups in total. The molecule has 158 valence electrons. The number of likely N-dealkylation sites (tertiary alicyclic amines) is 2. The minimum Gasteiger partial charge on any atom is -0.444 e. The van der Waals surface area contributed by atoms with E-state index in [0.717, 1.165) is 57.7 Å². The lowest BCUT2D eigenvalue weighted by Crippen LogP contribution is -2.60. The van der Waals surface area contributed by atoms with Crippen LogP contribution in [0.2, 0.25) is 0 Å². The molecule has 0 aromatic heterocycles. The molecule has 0 unspecified atom stereocenters. The number of hydrogen-bond acceptors (Lipinski definition) is 5. The Labute approximate surface area is 169 Å². The first kappa shape index (κ1) is 21.2. The van der Waals surface area contributed by atoms with Crippen molar-refractivity contribution in [2.24, 2.45) is 10.4 Å². The predicted molar refractivity (Wildman–Crippen MR) is 112 cm³/mol. The average molecular weight is 392 g/mol. The smallest absolute Gasteiger partial charge is 0.410 e. The molecule has 1 spiro atoms. The van der Waals surface area contributed by atoms with E-state index in [4.69, 9.17) is 14.5 Å². The molecule has 0 aliphatic carbocycles. The third-order valence-electron chi connectivity index (χ3n) is 6.06. The van der Waals surface area contributed by atoms with Gasteiger partial charge in [0.1, 0.15) is 11.4 Å². The summed E-state index contributed by atoms with van der Waals surface area (Å²) >= 11 is 0. The van der Waals surface area contributed by atoms with Gasteiger partial charge in [0, 0.05) is 50.8 Å². The number of carbonyl (C=O) groups is 1. The number of allylic oxidation sites excluding steroid dienone is 1. The van der Waals surface area contributed by atoms with Gasteiger partial charge in [-0.3, -0.25) is 0 Å². The van der Waals surface area contributed by atoms with E-state index in [-0.39, 0.29) is 17.1 Å². The predicted octanol–water partition coefficient (Wildman–Crippen LogP) is 4.21. The SMILES string of the molecule is COC(C)(C)CC1=NC(N2CCC3(CN(C(=O)OC(C)(C)C)C3)C2)=C(C)CC1. The zero-order valence-corrected chi connectivity index (χ0v) is 18.7. The molecule has 0 atom stereocenters. The highest BCUT2D eigenvalue weighted by molar-refractivity contribution is 5.87. The number of rotatable bonds is 4. The molecule has 0 saturated carbocycles. The van der Waals surface area contributed by atoms with E-state index in [1.54, 1.807) is 7.11 Å².